The Morgan fingerprint density at radius 1 is 1.45 bits per heavy atom. The summed E-state index contributed by atoms with van der Waals surface area (Å²) in [6.45, 7) is 6.65. The van der Waals surface area contributed by atoms with E-state index in [2.05, 4.69) is 35.1 Å². The number of ether oxygens (including phenoxy) is 1. The summed E-state index contributed by atoms with van der Waals surface area (Å²) in [6, 6.07) is 4.84. The summed E-state index contributed by atoms with van der Waals surface area (Å²) in [5.41, 5.74) is 1.27. The van der Waals surface area contributed by atoms with Crippen LogP contribution in [0.5, 0.6) is 0 Å². The number of nitro groups is 1. The number of nitro benzene ring substituents is 1. The molecule has 0 amide bonds. The fourth-order valence-corrected chi connectivity index (χ4v) is 2.30. The van der Waals surface area contributed by atoms with Gasteiger partial charge >= 0.3 is 0 Å². The van der Waals surface area contributed by atoms with Gasteiger partial charge in [0.05, 0.1) is 4.92 Å². The Morgan fingerprint density at radius 2 is 2.15 bits per heavy atom. The van der Waals surface area contributed by atoms with Gasteiger partial charge in [0.1, 0.15) is 0 Å². The minimum atomic E-state index is -0.393. The number of halogens is 1. The lowest BCUT2D eigenvalue weighted by Gasteiger charge is -2.24. The fraction of sp³-hybridized carbons (Fsp3) is 0.571. The maximum absolute atomic E-state index is 10.7. The molecule has 0 aliphatic rings. The number of nitrogens with one attached hydrogen (secondary N) is 1. The Hall–Kier alpha value is -0.980. The van der Waals surface area contributed by atoms with Gasteiger partial charge in [-0.15, -0.1) is 0 Å². The summed E-state index contributed by atoms with van der Waals surface area (Å²) in [7, 11) is 1.71. The van der Waals surface area contributed by atoms with E-state index in [9.17, 15) is 10.1 Å². The zero-order chi connectivity index (χ0) is 15.2. The van der Waals surface area contributed by atoms with E-state index < -0.39 is 4.92 Å². The third-order valence-corrected chi connectivity index (χ3v) is 3.89. The highest BCUT2D eigenvalue weighted by Crippen LogP contribution is 2.24. The average Bonchev–Trinajstić information content (AvgIpc) is 2.38. The molecule has 0 saturated carbocycles. The molecule has 0 saturated heterocycles. The van der Waals surface area contributed by atoms with Gasteiger partial charge in [-0.25, -0.2) is 0 Å². The zero-order valence-corrected chi connectivity index (χ0v) is 13.7. The van der Waals surface area contributed by atoms with Crippen molar-refractivity contribution in [3.05, 3.63) is 38.3 Å². The molecule has 0 aromatic heterocycles. The van der Waals surface area contributed by atoms with Gasteiger partial charge in [-0.3, -0.25) is 10.1 Å². The van der Waals surface area contributed by atoms with Crippen LogP contribution in [0.2, 0.25) is 0 Å². The third-order valence-electron chi connectivity index (χ3n) is 3.15. The molecule has 6 heteroatoms. The highest BCUT2D eigenvalue weighted by atomic mass is 79.9. The van der Waals surface area contributed by atoms with Gasteiger partial charge < -0.3 is 10.1 Å². The molecule has 0 heterocycles. The fourth-order valence-electron chi connectivity index (χ4n) is 1.80. The second-order valence-electron chi connectivity index (χ2n) is 5.54. The van der Waals surface area contributed by atoms with Gasteiger partial charge in [-0.2, -0.15) is 0 Å². The Labute approximate surface area is 128 Å². The van der Waals surface area contributed by atoms with E-state index in [1.807, 2.05) is 0 Å². The van der Waals surface area contributed by atoms with Crippen molar-refractivity contribution < 1.29 is 9.66 Å². The Balaban J connectivity index is 2.52. The monoisotopic (exact) mass is 344 g/mol. The van der Waals surface area contributed by atoms with E-state index in [0.29, 0.717) is 6.54 Å². The third kappa shape index (κ3) is 5.56. The molecule has 0 spiro atoms. The van der Waals surface area contributed by atoms with Crippen LogP contribution in [0.3, 0.4) is 0 Å². The van der Waals surface area contributed by atoms with Crippen molar-refractivity contribution in [2.45, 2.75) is 26.8 Å². The molecule has 20 heavy (non-hydrogen) atoms. The van der Waals surface area contributed by atoms with Crippen LogP contribution in [0.4, 0.5) is 5.69 Å². The number of non-ortho nitro benzene ring substituents is 1. The van der Waals surface area contributed by atoms with E-state index >= 15 is 0 Å². The zero-order valence-electron chi connectivity index (χ0n) is 12.1. The first-order valence-corrected chi connectivity index (χ1v) is 7.27. The molecule has 0 aliphatic heterocycles. The lowest BCUT2D eigenvalue weighted by atomic mass is 9.89. The molecule has 1 N–H and O–H groups in total. The van der Waals surface area contributed by atoms with Crippen molar-refractivity contribution in [3.8, 4) is 0 Å². The highest BCUT2D eigenvalue weighted by Gasteiger charge is 2.17. The van der Waals surface area contributed by atoms with E-state index in [1.54, 1.807) is 13.2 Å². The van der Waals surface area contributed by atoms with Gasteiger partial charge in [0.25, 0.3) is 5.69 Å². The van der Waals surface area contributed by atoms with Crippen molar-refractivity contribution in [1.82, 2.24) is 5.32 Å². The lowest BCUT2D eigenvalue weighted by Crippen LogP contribution is -2.30. The number of rotatable bonds is 8. The van der Waals surface area contributed by atoms with Crippen LogP contribution < -0.4 is 5.32 Å². The molecule has 0 aliphatic carbocycles. The van der Waals surface area contributed by atoms with Crippen LogP contribution in [0.15, 0.2) is 22.7 Å². The first-order valence-electron chi connectivity index (χ1n) is 6.48. The van der Waals surface area contributed by atoms with Gasteiger partial charge in [-0.05, 0) is 23.5 Å². The largest absolute Gasteiger partial charge is 0.385 e. The van der Waals surface area contributed by atoms with Crippen molar-refractivity contribution in [1.29, 1.82) is 0 Å². The van der Waals surface area contributed by atoms with Gasteiger partial charge in [-0.1, -0.05) is 29.8 Å². The van der Waals surface area contributed by atoms with E-state index in [4.69, 9.17) is 4.74 Å². The maximum atomic E-state index is 10.7. The minimum absolute atomic E-state index is 0.0982. The quantitative estimate of drug-likeness (QED) is 0.578. The number of hydrogen-bond acceptors (Lipinski definition) is 4. The van der Waals surface area contributed by atoms with Crippen molar-refractivity contribution in [2.75, 3.05) is 20.3 Å². The number of methoxy groups -OCH3 is 1. The summed E-state index contributed by atoms with van der Waals surface area (Å²) in [6.07, 6.45) is 0.984. The molecule has 0 radical (unpaired) electrons. The molecule has 0 fully saturated rings. The lowest BCUT2D eigenvalue weighted by molar-refractivity contribution is -0.384. The Morgan fingerprint density at radius 3 is 2.70 bits per heavy atom. The molecule has 0 unspecified atom stereocenters. The number of hydrogen-bond donors (Lipinski definition) is 1. The Bertz CT molecular complexity index is 464. The summed E-state index contributed by atoms with van der Waals surface area (Å²) < 4.78 is 5.86. The number of nitrogens with zero attached hydrogens (tertiary/aromatic N) is 1. The number of benzene rings is 1. The van der Waals surface area contributed by atoms with Crippen molar-refractivity contribution in [2.24, 2.45) is 5.41 Å². The molecule has 5 nitrogen and oxygen atoms in total. The highest BCUT2D eigenvalue weighted by molar-refractivity contribution is 9.10. The molecule has 112 valence electrons. The molecule has 1 aromatic rings. The summed E-state index contributed by atoms with van der Waals surface area (Å²) in [5, 5.41) is 14.1. The van der Waals surface area contributed by atoms with E-state index in [-0.39, 0.29) is 11.1 Å². The Kier molecular flexibility index (Phi) is 6.58. The normalized spacial score (nSPS) is 11.6. The summed E-state index contributed by atoms with van der Waals surface area (Å²) >= 11 is 3.37. The topological polar surface area (TPSA) is 64.4 Å². The van der Waals surface area contributed by atoms with Crippen molar-refractivity contribution in [3.63, 3.8) is 0 Å². The molecular formula is C14H21BrN2O3. The summed E-state index contributed by atoms with van der Waals surface area (Å²) in [4.78, 5) is 10.3. The predicted molar refractivity (Wildman–Crippen MR) is 82.8 cm³/mol. The van der Waals surface area contributed by atoms with Gasteiger partial charge in [0.15, 0.2) is 0 Å². The van der Waals surface area contributed by atoms with Crippen LogP contribution in [-0.4, -0.2) is 25.2 Å². The maximum Gasteiger partial charge on any atom is 0.270 e. The van der Waals surface area contributed by atoms with Crippen LogP contribution >= 0.6 is 15.9 Å². The molecule has 0 bridgehead atoms. The molecular weight excluding hydrogens is 324 g/mol. The second kappa shape index (κ2) is 7.71. The van der Waals surface area contributed by atoms with Crippen molar-refractivity contribution >= 4 is 21.6 Å². The standard InChI is InChI=1S/C14H21BrN2O3/c1-14(2,6-7-20-3)10-16-9-11-4-5-12(17(18)19)8-13(11)15/h4-5,8,16H,6-7,9-10H2,1-3H3. The van der Waals surface area contributed by atoms with Gasteiger partial charge in [0, 0.05) is 43.4 Å². The first-order chi connectivity index (χ1) is 9.35. The van der Waals surface area contributed by atoms with Crippen LogP contribution in [0, 0.1) is 15.5 Å². The minimum Gasteiger partial charge on any atom is -0.385 e. The van der Waals surface area contributed by atoms with E-state index in [1.165, 1.54) is 12.1 Å². The SMILES string of the molecule is COCCC(C)(C)CNCc1ccc([N+](=O)[O-])cc1Br. The smallest absolute Gasteiger partial charge is 0.270 e. The molecule has 1 aromatic carbocycles. The second-order valence-corrected chi connectivity index (χ2v) is 6.40. The molecule has 0 atom stereocenters. The molecule has 1 rings (SSSR count). The average molecular weight is 345 g/mol. The van der Waals surface area contributed by atoms with Crippen LogP contribution in [0.25, 0.3) is 0 Å². The summed E-state index contributed by atoms with van der Waals surface area (Å²) in [5.74, 6) is 0. The van der Waals surface area contributed by atoms with Crippen LogP contribution in [0.1, 0.15) is 25.8 Å². The van der Waals surface area contributed by atoms with Crippen LogP contribution in [-0.2, 0) is 11.3 Å². The van der Waals surface area contributed by atoms with Gasteiger partial charge in [0.2, 0.25) is 0 Å². The predicted octanol–water partition coefficient (Wildman–Crippen LogP) is 3.51. The van der Waals surface area contributed by atoms with E-state index in [0.717, 1.165) is 29.6 Å². The first kappa shape index (κ1) is 17.1.